The molecule has 0 saturated carbocycles. The minimum absolute atomic E-state index is 0. The molecule has 0 saturated heterocycles. The van der Waals surface area contributed by atoms with E-state index in [2.05, 4.69) is 0 Å². The van der Waals surface area contributed by atoms with Gasteiger partial charge in [-0.15, -0.1) is 0 Å². The van der Waals surface area contributed by atoms with Crippen molar-refractivity contribution in [1.29, 1.82) is 0 Å². The average molecular weight is 319 g/mol. The Morgan fingerprint density at radius 2 is 1.65 bits per heavy atom. The van der Waals surface area contributed by atoms with Crippen molar-refractivity contribution in [3.8, 4) is 0 Å². The first-order valence-electron chi connectivity index (χ1n) is 5.78. The van der Waals surface area contributed by atoms with E-state index in [4.69, 9.17) is 10.8 Å². The van der Waals surface area contributed by atoms with Gasteiger partial charge in [-0.2, -0.15) is 0 Å². The van der Waals surface area contributed by atoms with E-state index in [1.165, 1.54) is 0 Å². The second-order valence-corrected chi connectivity index (χ2v) is 4.14. The third-order valence-corrected chi connectivity index (χ3v) is 2.82. The molecule has 0 spiro atoms. The van der Waals surface area contributed by atoms with Crippen molar-refractivity contribution >= 4 is 17.4 Å². The van der Waals surface area contributed by atoms with Crippen LogP contribution in [0, 0.1) is 0 Å². The molecule has 0 unspecified atom stereocenters. The Labute approximate surface area is 127 Å². The maximum atomic E-state index is 12.3. The Morgan fingerprint density at radius 3 is 2.25 bits per heavy atom. The van der Waals surface area contributed by atoms with E-state index in [0.29, 0.717) is 16.7 Å². The molecule has 0 aliphatic heterocycles. The summed E-state index contributed by atoms with van der Waals surface area (Å²) in [6.45, 7) is 0. The quantitative estimate of drug-likeness (QED) is 0.514. The molecule has 2 rings (SSSR count). The molecule has 107 valence electrons. The van der Waals surface area contributed by atoms with Gasteiger partial charge in [-0.25, -0.2) is 0 Å². The molecule has 0 amide bonds. The molecule has 4 nitrogen and oxygen atoms in total. The molecule has 2 aromatic carbocycles. The number of aliphatic carboxylic acids is 1. The van der Waals surface area contributed by atoms with Crippen LogP contribution in [0.1, 0.15) is 21.5 Å². The largest absolute Gasteiger partial charge is 0.481 e. The molecule has 5 heteroatoms. The van der Waals surface area contributed by atoms with Crippen molar-refractivity contribution in [2.24, 2.45) is 0 Å². The number of nitrogens with two attached hydrogens (primary N) is 1. The number of carbonyl (C=O) groups excluding carboxylic acids is 1. The zero-order chi connectivity index (χ0) is 13.8. The van der Waals surface area contributed by atoms with Crippen LogP contribution in [0.25, 0.3) is 0 Å². The van der Waals surface area contributed by atoms with Gasteiger partial charge in [-0.05, 0) is 11.6 Å². The van der Waals surface area contributed by atoms with Crippen LogP contribution in [0.4, 0.5) is 5.69 Å². The third kappa shape index (κ3) is 3.47. The SMILES string of the molecule is Nc1c(CC(=O)O)cccc1C(=O)c1ccccc1.[Cu]. The predicted octanol–water partition coefficient (Wildman–Crippen LogP) is 2.12. The van der Waals surface area contributed by atoms with Crippen LogP contribution < -0.4 is 5.73 Å². The molecule has 0 aliphatic rings. The van der Waals surface area contributed by atoms with E-state index in [-0.39, 0.29) is 35.0 Å². The fraction of sp³-hybridized carbons (Fsp3) is 0.0667. The van der Waals surface area contributed by atoms with Gasteiger partial charge in [0.25, 0.3) is 0 Å². The van der Waals surface area contributed by atoms with Crippen LogP contribution in [-0.4, -0.2) is 16.9 Å². The van der Waals surface area contributed by atoms with Crippen LogP contribution in [0.3, 0.4) is 0 Å². The number of para-hydroxylation sites is 1. The first kappa shape index (κ1) is 16.0. The zero-order valence-electron chi connectivity index (χ0n) is 10.5. The normalized spacial score (nSPS) is 9.60. The van der Waals surface area contributed by atoms with E-state index in [0.717, 1.165) is 0 Å². The summed E-state index contributed by atoms with van der Waals surface area (Å²) < 4.78 is 0. The van der Waals surface area contributed by atoms with Gasteiger partial charge in [-0.1, -0.05) is 42.5 Å². The van der Waals surface area contributed by atoms with E-state index in [1.54, 1.807) is 42.5 Å². The van der Waals surface area contributed by atoms with E-state index in [9.17, 15) is 9.59 Å². The van der Waals surface area contributed by atoms with Crippen LogP contribution in [0.5, 0.6) is 0 Å². The van der Waals surface area contributed by atoms with E-state index < -0.39 is 5.97 Å². The number of carboxylic acid groups (broad SMARTS) is 1. The number of anilines is 1. The summed E-state index contributed by atoms with van der Waals surface area (Å²) in [4.78, 5) is 23.0. The summed E-state index contributed by atoms with van der Waals surface area (Å²) in [5, 5.41) is 8.80. The maximum Gasteiger partial charge on any atom is 0.307 e. The molecule has 0 heterocycles. The average Bonchev–Trinajstić information content (AvgIpc) is 2.41. The van der Waals surface area contributed by atoms with Gasteiger partial charge in [0.15, 0.2) is 5.78 Å². The molecule has 0 bridgehead atoms. The standard InChI is InChI=1S/C15H13NO3.Cu/c16-14-11(9-13(17)18)7-4-8-12(14)15(19)10-5-2-1-3-6-10;/h1-8H,9,16H2,(H,17,18);. The van der Waals surface area contributed by atoms with Crippen LogP contribution >= 0.6 is 0 Å². The minimum Gasteiger partial charge on any atom is -0.481 e. The molecule has 0 atom stereocenters. The van der Waals surface area contributed by atoms with Gasteiger partial charge in [0, 0.05) is 33.9 Å². The second-order valence-electron chi connectivity index (χ2n) is 4.14. The summed E-state index contributed by atoms with van der Waals surface area (Å²) in [5.41, 5.74) is 7.44. The van der Waals surface area contributed by atoms with E-state index in [1.807, 2.05) is 6.07 Å². The van der Waals surface area contributed by atoms with Crippen molar-refractivity contribution in [1.82, 2.24) is 0 Å². The van der Waals surface area contributed by atoms with Crippen LogP contribution in [0.15, 0.2) is 48.5 Å². The fourth-order valence-corrected chi connectivity index (χ4v) is 1.87. The molecule has 0 aromatic heterocycles. The number of carbonyl (C=O) groups is 2. The summed E-state index contributed by atoms with van der Waals surface area (Å²) in [5.74, 6) is -1.18. The maximum absolute atomic E-state index is 12.3. The minimum atomic E-state index is -0.976. The first-order chi connectivity index (χ1) is 9.09. The predicted molar refractivity (Wildman–Crippen MR) is 72.1 cm³/mol. The molecular formula is C15H13CuNO3. The van der Waals surface area contributed by atoms with Gasteiger partial charge in [0.05, 0.1) is 6.42 Å². The number of rotatable bonds is 4. The smallest absolute Gasteiger partial charge is 0.307 e. The summed E-state index contributed by atoms with van der Waals surface area (Å²) in [6.07, 6.45) is -0.193. The Hall–Kier alpha value is -2.10. The van der Waals surface area contributed by atoms with Crippen molar-refractivity contribution < 1.29 is 31.8 Å². The van der Waals surface area contributed by atoms with Gasteiger partial charge in [-0.3, -0.25) is 9.59 Å². The number of hydrogen-bond acceptors (Lipinski definition) is 3. The van der Waals surface area contributed by atoms with Crippen LogP contribution in [-0.2, 0) is 28.3 Å². The zero-order valence-corrected chi connectivity index (χ0v) is 11.4. The number of carboxylic acids is 1. The fourth-order valence-electron chi connectivity index (χ4n) is 1.87. The first-order valence-corrected chi connectivity index (χ1v) is 5.78. The van der Waals surface area contributed by atoms with Crippen molar-refractivity contribution in [2.45, 2.75) is 6.42 Å². The topological polar surface area (TPSA) is 80.4 Å². The number of nitrogen functional groups attached to an aromatic ring is 1. The second kappa shape index (κ2) is 6.89. The van der Waals surface area contributed by atoms with Crippen molar-refractivity contribution in [2.75, 3.05) is 5.73 Å². The molecule has 1 radical (unpaired) electrons. The van der Waals surface area contributed by atoms with Crippen LogP contribution in [0.2, 0.25) is 0 Å². The summed E-state index contributed by atoms with van der Waals surface area (Å²) in [6, 6.07) is 13.6. The Kier molecular flexibility index (Phi) is 5.50. The number of benzene rings is 2. The summed E-state index contributed by atoms with van der Waals surface area (Å²) >= 11 is 0. The Morgan fingerprint density at radius 1 is 1.00 bits per heavy atom. The number of ketones is 1. The van der Waals surface area contributed by atoms with E-state index >= 15 is 0 Å². The molecular weight excluding hydrogens is 306 g/mol. The Balaban J connectivity index is 0.00000200. The number of hydrogen-bond donors (Lipinski definition) is 2. The van der Waals surface area contributed by atoms with Gasteiger partial charge in [0.1, 0.15) is 0 Å². The third-order valence-electron chi connectivity index (χ3n) is 2.82. The van der Waals surface area contributed by atoms with Gasteiger partial charge in [0.2, 0.25) is 0 Å². The molecule has 3 N–H and O–H groups in total. The molecule has 0 aliphatic carbocycles. The molecule has 2 aromatic rings. The van der Waals surface area contributed by atoms with Crippen molar-refractivity contribution in [3.63, 3.8) is 0 Å². The molecule has 20 heavy (non-hydrogen) atoms. The molecule has 0 fully saturated rings. The van der Waals surface area contributed by atoms with Crippen molar-refractivity contribution in [3.05, 3.63) is 65.2 Å². The Bertz CT molecular complexity index is 626. The van der Waals surface area contributed by atoms with Gasteiger partial charge >= 0.3 is 5.97 Å². The monoisotopic (exact) mass is 318 g/mol. The summed E-state index contributed by atoms with van der Waals surface area (Å²) in [7, 11) is 0. The van der Waals surface area contributed by atoms with Gasteiger partial charge < -0.3 is 10.8 Å².